The van der Waals surface area contributed by atoms with Crippen molar-refractivity contribution >= 4 is 25.6 Å². The standard InChI is InChI=1S/C19H29NO2SSi/c1-13-7-10-17(23-13)18(21)20-11-14-8-9-16(15(14)12-20)22-24(5,6)19(2,3)4/h7,10,14H,8-9,11-12H2,1-6H3. The van der Waals surface area contributed by atoms with Crippen molar-refractivity contribution in [1.82, 2.24) is 4.90 Å². The van der Waals surface area contributed by atoms with Gasteiger partial charge in [0.2, 0.25) is 8.32 Å². The Bertz CT molecular complexity index is 684. The average Bonchev–Trinajstić information content (AvgIpc) is 3.14. The molecule has 0 spiro atoms. The van der Waals surface area contributed by atoms with E-state index in [2.05, 4.69) is 33.9 Å². The van der Waals surface area contributed by atoms with Gasteiger partial charge in [0.1, 0.15) is 0 Å². The first-order chi connectivity index (χ1) is 11.1. The molecule has 2 heterocycles. The molecular weight excluding hydrogens is 334 g/mol. The molecule has 1 saturated heterocycles. The number of carbonyl (C=O) groups is 1. The lowest BCUT2D eigenvalue weighted by Gasteiger charge is -2.37. The van der Waals surface area contributed by atoms with Crippen LogP contribution in [0.1, 0.15) is 48.2 Å². The number of aryl methyl sites for hydroxylation is 1. The molecule has 3 rings (SSSR count). The van der Waals surface area contributed by atoms with Gasteiger partial charge in [-0.05, 0) is 49.2 Å². The van der Waals surface area contributed by atoms with Gasteiger partial charge < -0.3 is 9.33 Å². The summed E-state index contributed by atoms with van der Waals surface area (Å²) in [5, 5.41) is 0.210. The third kappa shape index (κ3) is 3.20. The number of nitrogens with zero attached hydrogens (tertiary/aromatic N) is 1. The van der Waals surface area contributed by atoms with E-state index in [9.17, 15) is 4.79 Å². The first-order valence-electron chi connectivity index (χ1n) is 8.85. The van der Waals surface area contributed by atoms with Gasteiger partial charge in [0.05, 0.1) is 10.6 Å². The van der Waals surface area contributed by atoms with Gasteiger partial charge in [0.25, 0.3) is 5.91 Å². The topological polar surface area (TPSA) is 29.5 Å². The molecule has 0 bridgehead atoms. The van der Waals surface area contributed by atoms with Crippen LogP contribution in [0.3, 0.4) is 0 Å². The van der Waals surface area contributed by atoms with E-state index in [1.807, 2.05) is 24.0 Å². The summed E-state index contributed by atoms with van der Waals surface area (Å²) in [6, 6.07) is 3.98. The van der Waals surface area contributed by atoms with Crippen molar-refractivity contribution in [2.45, 2.75) is 58.7 Å². The van der Waals surface area contributed by atoms with Crippen LogP contribution in [-0.4, -0.2) is 32.2 Å². The number of amides is 1. The molecule has 24 heavy (non-hydrogen) atoms. The molecule has 1 amide bonds. The molecule has 1 fully saturated rings. The molecule has 1 aliphatic carbocycles. The van der Waals surface area contributed by atoms with Crippen molar-refractivity contribution in [3.63, 3.8) is 0 Å². The number of likely N-dealkylation sites (tertiary alicyclic amines) is 1. The van der Waals surface area contributed by atoms with Gasteiger partial charge in [-0.25, -0.2) is 0 Å². The monoisotopic (exact) mass is 363 g/mol. The van der Waals surface area contributed by atoms with Gasteiger partial charge in [-0.3, -0.25) is 4.79 Å². The first kappa shape index (κ1) is 17.7. The Hall–Kier alpha value is -1.07. The maximum absolute atomic E-state index is 12.7. The Morgan fingerprint density at radius 1 is 1.33 bits per heavy atom. The Morgan fingerprint density at radius 3 is 2.62 bits per heavy atom. The molecule has 1 aromatic heterocycles. The summed E-state index contributed by atoms with van der Waals surface area (Å²) in [6.45, 7) is 15.1. The lowest BCUT2D eigenvalue weighted by molar-refractivity contribution is 0.0792. The number of thiophene rings is 1. The van der Waals surface area contributed by atoms with Crippen LogP contribution < -0.4 is 0 Å². The van der Waals surface area contributed by atoms with Crippen molar-refractivity contribution in [3.8, 4) is 0 Å². The van der Waals surface area contributed by atoms with Gasteiger partial charge in [-0.2, -0.15) is 0 Å². The Labute approximate surface area is 150 Å². The zero-order valence-corrected chi connectivity index (χ0v) is 17.5. The van der Waals surface area contributed by atoms with Crippen molar-refractivity contribution in [3.05, 3.63) is 33.2 Å². The summed E-state index contributed by atoms with van der Waals surface area (Å²) < 4.78 is 6.60. The predicted molar refractivity (Wildman–Crippen MR) is 103 cm³/mol. The molecule has 0 N–H and O–H groups in total. The lowest BCUT2D eigenvalue weighted by Crippen LogP contribution is -2.40. The largest absolute Gasteiger partial charge is 0.546 e. The minimum atomic E-state index is -1.80. The number of hydrogen-bond acceptors (Lipinski definition) is 3. The van der Waals surface area contributed by atoms with Crippen molar-refractivity contribution < 1.29 is 9.22 Å². The van der Waals surface area contributed by atoms with Crippen molar-refractivity contribution in [1.29, 1.82) is 0 Å². The Morgan fingerprint density at radius 2 is 2.04 bits per heavy atom. The smallest absolute Gasteiger partial charge is 0.264 e. The summed E-state index contributed by atoms with van der Waals surface area (Å²) in [5.41, 5.74) is 1.39. The van der Waals surface area contributed by atoms with Gasteiger partial charge in [0, 0.05) is 30.3 Å². The van der Waals surface area contributed by atoms with Crippen LogP contribution in [0, 0.1) is 12.8 Å². The quantitative estimate of drug-likeness (QED) is 0.691. The highest BCUT2D eigenvalue weighted by molar-refractivity contribution is 7.13. The summed E-state index contributed by atoms with van der Waals surface area (Å²) >= 11 is 1.59. The van der Waals surface area contributed by atoms with Gasteiger partial charge >= 0.3 is 0 Å². The number of hydrogen-bond donors (Lipinski definition) is 0. The van der Waals surface area contributed by atoms with E-state index in [1.54, 1.807) is 11.3 Å². The van der Waals surface area contributed by atoms with E-state index >= 15 is 0 Å². The van der Waals surface area contributed by atoms with E-state index in [4.69, 9.17) is 4.43 Å². The molecule has 3 nitrogen and oxygen atoms in total. The highest BCUT2D eigenvalue weighted by Gasteiger charge is 2.43. The highest BCUT2D eigenvalue weighted by atomic mass is 32.1. The normalized spacial score (nSPS) is 21.4. The minimum Gasteiger partial charge on any atom is -0.546 e. The lowest BCUT2D eigenvalue weighted by atomic mass is 10.1. The summed E-state index contributed by atoms with van der Waals surface area (Å²) in [5.74, 6) is 1.89. The minimum absolute atomic E-state index is 0.182. The zero-order valence-electron chi connectivity index (χ0n) is 15.7. The molecule has 1 unspecified atom stereocenters. The van der Waals surface area contributed by atoms with Crippen LogP contribution in [0.15, 0.2) is 23.5 Å². The maximum Gasteiger partial charge on any atom is 0.264 e. The molecule has 0 radical (unpaired) electrons. The van der Waals surface area contributed by atoms with Crippen LogP contribution in [0.5, 0.6) is 0 Å². The van der Waals surface area contributed by atoms with Crippen LogP contribution in [0.25, 0.3) is 0 Å². The molecule has 132 valence electrons. The second kappa shape index (κ2) is 6.02. The van der Waals surface area contributed by atoms with Gasteiger partial charge in [0.15, 0.2) is 0 Å². The second-order valence-electron chi connectivity index (χ2n) is 8.64. The van der Waals surface area contributed by atoms with Crippen LogP contribution >= 0.6 is 11.3 Å². The van der Waals surface area contributed by atoms with Crippen LogP contribution in [-0.2, 0) is 4.43 Å². The van der Waals surface area contributed by atoms with Crippen LogP contribution in [0.4, 0.5) is 0 Å². The summed E-state index contributed by atoms with van der Waals surface area (Å²) in [6.07, 6.45) is 2.18. The van der Waals surface area contributed by atoms with Gasteiger partial charge in [-0.1, -0.05) is 20.8 Å². The number of rotatable bonds is 3. The van der Waals surface area contributed by atoms with E-state index in [0.717, 1.165) is 30.8 Å². The summed E-state index contributed by atoms with van der Waals surface area (Å²) in [4.78, 5) is 16.8. The predicted octanol–water partition coefficient (Wildman–Crippen LogP) is 5.20. The van der Waals surface area contributed by atoms with Crippen LogP contribution in [0.2, 0.25) is 18.1 Å². The molecule has 1 aromatic rings. The first-order valence-corrected chi connectivity index (χ1v) is 12.6. The van der Waals surface area contributed by atoms with E-state index in [0.29, 0.717) is 5.92 Å². The van der Waals surface area contributed by atoms with Gasteiger partial charge in [-0.15, -0.1) is 11.3 Å². The number of allylic oxidation sites excluding steroid dienone is 1. The van der Waals surface area contributed by atoms with Crippen molar-refractivity contribution in [2.75, 3.05) is 13.1 Å². The number of fused-ring (bicyclic) bond motifs is 1. The van der Waals surface area contributed by atoms with Crippen molar-refractivity contribution in [2.24, 2.45) is 5.92 Å². The molecule has 0 saturated carbocycles. The molecular formula is C19H29NO2SSi. The third-order valence-electron chi connectivity index (χ3n) is 5.80. The molecule has 0 aromatic carbocycles. The fraction of sp³-hybridized carbons (Fsp3) is 0.632. The Balaban J connectivity index is 1.76. The molecule has 1 atom stereocenters. The van der Waals surface area contributed by atoms with E-state index < -0.39 is 8.32 Å². The fourth-order valence-electron chi connectivity index (χ4n) is 3.26. The highest BCUT2D eigenvalue weighted by Crippen LogP contribution is 2.44. The SMILES string of the molecule is Cc1ccc(C(=O)N2CC3=C(O[Si](C)(C)C(C)(C)C)CCC3C2)s1. The maximum atomic E-state index is 12.7. The molecule has 5 heteroatoms. The number of carbonyl (C=O) groups excluding carboxylic acids is 1. The fourth-order valence-corrected chi connectivity index (χ4v) is 5.25. The average molecular weight is 364 g/mol. The summed E-state index contributed by atoms with van der Waals surface area (Å²) in [7, 11) is -1.80. The zero-order chi connectivity index (χ0) is 17.7. The third-order valence-corrected chi connectivity index (χ3v) is 11.2. The second-order valence-corrected chi connectivity index (χ2v) is 14.7. The Kier molecular flexibility index (Phi) is 4.45. The molecule has 1 aliphatic heterocycles. The van der Waals surface area contributed by atoms with E-state index in [1.165, 1.54) is 16.2 Å². The van der Waals surface area contributed by atoms with E-state index in [-0.39, 0.29) is 10.9 Å². The molecule has 2 aliphatic rings.